The number of carboxylic acid groups (broad SMARTS) is 1. The van der Waals surface area contributed by atoms with Crippen molar-refractivity contribution in [1.29, 1.82) is 0 Å². The average Bonchev–Trinajstić information content (AvgIpc) is 2.40. The maximum atomic E-state index is 10.5. The SMILES string of the molecule is CCC(C(=O)O)c1cnno1. The Bertz CT molecular complexity index is 232. The van der Waals surface area contributed by atoms with Crippen LogP contribution in [0.25, 0.3) is 0 Å². The zero-order valence-electron chi connectivity index (χ0n) is 6.02. The van der Waals surface area contributed by atoms with Crippen LogP contribution >= 0.6 is 0 Å². The zero-order valence-corrected chi connectivity index (χ0v) is 6.02. The van der Waals surface area contributed by atoms with Gasteiger partial charge in [0.2, 0.25) is 0 Å². The summed E-state index contributed by atoms with van der Waals surface area (Å²) < 4.78 is 4.61. The van der Waals surface area contributed by atoms with Crippen molar-refractivity contribution in [2.24, 2.45) is 0 Å². The molecule has 1 aromatic rings. The molecule has 0 aromatic carbocycles. The largest absolute Gasteiger partial charge is 0.481 e. The van der Waals surface area contributed by atoms with E-state index in [1.54, 1.807) is 6.92 Å². The fraction of sp³-hybridized carbons (Fsp3) is 0.500. The lowest BCUT2D eigenvalue weighted by Crippen LogP contribution is -2.09. The second kappa shape index (κ2) is 3.14. The van der Waals surface area contributed by atoms with Crippen LogP contribution in [0.5, 0.6) is 0 Å². The van der Waals surface area contributed by atoms with Crippen LogP contribution in [0.1, 0.15) is 25.0 Å². The third-order valence-electron chi connectivity index (χ3n) is 1.43. The number of carboxylic acids is 1. The van der Waals surface area contributed by atoms with E-state index in [-0.39, 0.29) is 0 Å². The number of hydrogen-bond acceptors (Lipinski definition) is 4. The summed E-state index contributed by atoms with van der Waals surface area (Å²) in [5.74, 6) is -1.23. The molecule has 0 aliphatic carbocycles. The Kier molecular flexibility index (Phi) is 2.20. The van der Waals surface area contributed by atoms with Gasteiger partial charge in [-0.2, -0.15) is 0 Å². The van der Waals surface area contributed by atoms with Crippen molar-refractivity contribution in [3.63, 3.8) is 0 Å². The Balaban J connectivity index is 2.79. The summed E-state index contributed by atoms with van der Waals surface area (Å²) in [5.41, 5.74) is 0. The molecule has 1 aromatic heterocycles. The lowest BCUT2D eigenvalue weighted by Gasteiger charge is -2.01. The van der Waals surface area contributed by atoms with Crippen LogP contribution in [0.3, 0.4) is 0 Å². The number of rotatable bonds is 3. The molecule has 1 heterocycles. The molecule has 1 atom stereocenters. The maximum Gasteiger partial charge on any atom is 0.314 e. The quantitative estimate of drug-likeness (QED) is 0.695. The molecule has 0 amide bonds. The highest BCUT2D eigenvalue weighted by Gasteiger charge is 2.21. The molecule has 5 heteroatoms. The van der Waals surface area contributed by atoms with E-state index in [0.717, 1.165) is 0 Å². The van der Waals surface area contributed by atoms with Crippen LogP contribution in [0.2, 0.25) is 0 Å². The van der Waals surface area contributed by atoms with Crippen LogP contribution in [0.4, 0.5) is 0 Å². The van der Waals surface area contributed by atoms with Gasteiger partial charge in [0.25, 0.3) is 0 Å². The van der Waals surface area contributed by atoms with Gasteiger partial charge in [0.1, 0.15) is 5.92 Å². The summed E-state index contributed by atoms with van der Waals surface area (Å²) in [6.45, 7) is 1.77. The first-order valence-electron chi connectivity index (χ1n) is 3.25. The molecule has 0 spiro atoms. The van der Waals surface area contributed by atoms with E-state index in [1.807, 2.05) is 0 Å². The molecular weight excluding hydrogens is 148 g/mol. The molecule has 0 fully saturated rings. The fourth-order valence-corrected chi connectivity index (χ4v) is 0.826. The van der Waals surface area contributed by atoms with Gasteiger partial charge in [-0.05, 0) is 6.42 Å². The average molecular weight is 156 g/mol. The van der Waals surface area contributed by atoms with E-state index >= 15 is 0 Å². The third-order valence-corrected chi connectivity index (χ3v) is 1.43. The zero-order chi connectivity index (χ0) is 8.27. The van der Waals surface area contributed by atoms with Crippen LogP contribution < -0.4 is 0 Å². The van der Waals surface area contributed by atoms with Crippen molar-refractivity contribution >= 4 is 5.97 Å². The summed E-state index contributed by atoms with van der Waals surface area (Å²) in [7, 11) is 0. The van der Waals surface area contributed by atoms with Crippen LogP contribution in [-0.2, 0) is 4.79 Å². The molecule has 0 bridgehead atoms. The fourth-order valence-electron chi connectivity index (χ4n) is 0.826. The minimum atomic E-state index is -0.911. The van der Waals surface area contributed by atoms with E-state index in [0.29, 0.717) is 12.2 Å². The summed E-state index contributed by atoms with van der Waals surface area (Å²) >= 11 is 0. The van der Waals surface area contributed by atoms with Gasteiger partial charge < -0.3 is 9.63 Å². The first-order chi connectivity index (χ1) is 5.25. The van der Waals surface area contributed by atoms with Gasteiger partial charge in [0, 0.05) is 5.27 Å². The molecule has 60 valence electrons. The van der Waals surface area contributed by atoms with Gasteiger partial charge in [-0.25, -0.2) is 0 Å². The first-order valence-corrected chi connectivity index (χ1v) is 3.25. The Morgan fingerprint density at radius 1 is 1.91 bits per heavy atom. The van der Waals surface area contributed by atoms with Crippen LogP contribution in [0, 0.1) is 0 Å². The lowest BCUT2D eigenvalue weighted by molar-refractivity contribution is -0.139. The Morgan fingerprint density at radius 2 is 2.64 bits per heavy atom. The van der Waals surface area contributed by atoms with E-state index in [1.165, 1.54) is 6.20 Å². The van der Waals surface area contributed by atoms with Crippen molar-refractivity contribution in [3.05, 3.63) is 12.0 Å². The number of hydrogen-bond donors (Lipinski definition) is 1. The van der Waals surface area contributed by atoms with E-state index in [4.69, 9.17) is 5.11 Å². The molecule has 1 N–H and O–H groups in total. The van der Waals surface area contributed by atoms with Gasteiger partial charge >= 0.3 is 5.97 Å². The molecule has 1 unspecified atom stereocenters. The summed E-state index contributed by atoms with van der Waals surface area (Å²) in [6, 6.07) is 0. The molecule has 0 aliphatic rings. The van der Waals surface area contributed by atoms with Crippen LogP contribution in [0.15, 0.2) is 10.7 Å². The molecule has 0 radical (unpaired) electrons. The highest BCUT2D eigenvalue weighted by atomic mass is 16.5. The molecular formula is C6H8N2O3. The molecule has 1 rings (SSSR count). The third kappa shape index (κ3) is 1.54. The van der Waals surface area contributed by atoms with Crippen molar-refractivity contribution in [3.8, 4) is 0 Å². The minimum absolute atomic E-state index is 0.306. The summed E-state index contributed by atoms with van der Waals surface area (Å²) in [4.78, 5) is 10.5. The first kappa shape index (κ1) is 7.71. The van der Waals surface area contributed by atoms with Gasteiger partial charge in [0.15, 0.2) is 5.76 Å². The predicted octanol–water partition coefficient (Wildman–Crippen LogP) is 0.648. The van der Waals surface area contributed by atoms with Crippen LogP contribution in [-0.4, -0.2) is 21.4 Å². The van der Waals surface area contributed by atoms with Crippen molar-refractivity contribution in [1.82, 2.24) is 10.4 Å². The minimum Gasteiger partial charge on any atom is -0.481 e. The van der Waals surface area contributed by atoms with Crippen molar-refractivity contribution in [2.75, 3.05) is 0 Å². The molecule has 11 heavy (non-hydrogen) atoms. The highest BCUT2D eigenvalue weighted by molar-refractivity contribution is 5.74. The maximum absolute atomic E-state index is 10.5. The predicted molar refractivity (Wildman–Crippen MR) is 35.0 cm³/mol. The summed E-state index contributed by atoms with van der Waals surface area (Å²) in [5, 5.41) is 15.2. The number of aromatic nitrogens is 2. The molecule has 5 nitrogen and oxygen atoms in total. The van der Waals surface area contributed by atoms with Gasteiger partial charge in [-0.1, -0.05) is 6.92 Å². The second-order valence-electron chi connectivity index (χ2n) is 2.12. The van der Waals surface area contributed by atoms with Gasteiger partial charge in [0.05, 0.1) is 6.20 Å². The van der Waals surface area contributed by atoms with Crippen molar-refractivity contribution < 1.29 is 14.4 Å². The topological polar surface area (TPSA) is 76.2 Å². The number of aliphatic carboxylic acids is 1. The Morgan fingerprint density at radius 3 is 3.00 bits per heavy atom. The van der Waals surface area contributed by atoms with E-state index < -0.39 is 11.9 Å². The number of nitrogens with zero attached hydrogens (tertiary/aromatic N) is 2. The molecule has 0 saturated carbocycles. The van der Waals surface area contributed by atoms with E-state index in [2.05, 4.69) is 14.9 Å². The van der Waals surface area contributed by atoms with Gasteiger partial charge in [-0.15, -0.1) is 5.10 Å². The standard InChI is InChI=1S/C6H8N2O3/c1-2-4(6(9)10)5-3-7-8-11-5/h3-4H,2H2,1H3,(H,9,10). The highest BCUT2D eigenvalue weighted by Crippen LogP contribution is 2.17. The normalized spacial score (nSPS) is 12.8. The van der Waals surface area contributed by atoms with Crippen molar-refractivity contribution in [2.45, 2.75) is 19.3 Å². The Labute approximate surface area is 63.0 Å². The lowest BCUT2D eigenvalue weighted by atomic mass is 10.1. The molecule has 0 saturated heterocycles. The summed E-state index contributed by atoms with van der Waals surface area (Å²) in [6.07, 6.45) is 1.80. The second-order valence-corrected chi connectivity index (χ2v) is 2.12. The Hall–Kier alpha value is -1.39. The number of carbonyl (C=O) groups is 1. The monoisotopic (exact) mass is 156 g/mol. The molecule has 0 aliphatic heterocycles. The smallest absolute Gasteiger partial charge is 0.314 e. The van der Waals surface area contributed by atoms with Gasteiger partial charge in [-0.3, -0.25) is 4.79 Å². The van der Waals surface area contributed by atoms with E-state index in [9.17, 15) is 4.79 Å².